The van der Waals surface area contributed by atoms with Crippen molar-refractivity contribution in [2.75, 3.05) is 5.32 Å². The summed E-state index contributed by atoms with van der Waals surface area (Å²) in [5.41, 5.74) is 2.02. The largest absolute Gasteiger partial charge is 0.436 e. The van der Waals surface area contributed by atoms with Gasteiger partial charge in [0.1, 0.15) is 11.1 Å². The Morgan fingerprint density at radius 2 is 1.84 bits per heavy atom. The summed E-state index contributed by atoms with van der Waals surface area (Å²) in [5, 5.41) is 24.8. The van der Waals surface area contributed by atoms with Gasteiger partial charge in [-0.25, -0.2) is 4.98 Å². The predicted octanol–water partition coefficient (Wildman–Crippen LogP) is 5.13. The third-order valence-electron chi connectivity index (χ3n) is 4.86. The van der Waals surface area contributed by atoms with E-state index in [2.05, 4.69) is 10.3 Å². The van der Waals surface area contributed by atoms with E-state index in [9.17, 15) is 25.0 Å². The van der Waals surface area contributed by atoms with Crippen LogP contribution in [0.25, 0.3) is 22.6 Å². The lowest BCUT2D eigenvalue weighted by Crippen LogP contribution is -2.14. The van der Waals surface area contributed by atoms with Crippen LogP contribution < -0.4 is 5.32 Å². The number of oxazole rings is 1. The summed E-state index contributed by atoms with van der Waals surface area (Å²) in [6.07, 6.45) is 0.869. The van der Waals surface area contributed by atoms with Crippen molar-refractivity contribution in [1.29, 1.82) is 0 Å². The van der Waals surface area contributed by atoms with Crippen LogP contribution in [0.4, 0.5) is 17.1 Å². The minimum Gasteiger partial charge on any atom is -0.436 e. The highest BCUT2D eigenvalue weighted by molar-refractivity contribution is 6.07. The number of amides is 1. The first-order valence-electron chi connectivity index (χ1n) is 9.60. The number of fused-ring (bicyclic) bond motifs is 1. The molecule has 0 aliphatic carbocycles. The van der Waals surface area contributed by atoms with Gasteiger partial charge in [0.15, 0.2) is 5.58 Å². The van der Waals surface area contributed by atoms with Crippen molar-refractivity contribution in [3.8, 4) is 11.5 Å². The third kappa shape index (κ3) is 4.01. The van der Waals surface area contributed by atoms with Crippen molar-refractivity contribution in [3.05, 3.63) is 92.0 Å². The van der Waals surface area contributed by atoms with Crippen molar-refractivity contribution in [2.45, 2.75) is 13.3 Å². The molecule has 4 aromatic rings. The van der Waals surface area contributed by atoms with Crippen LogP contribution in [0.15, 0.2) is 65.1 Å². The average molecular weight is 432 g/mol. The smallest absolute Gasteiger partial charge is 0.289 e. The van der Waals surface area contributed by atoms with Gasteiger partial charge in [0.25, 0.3) is 17.3 Å². The molecule has 1 N–H and O–H groups in total. The molecule has 1 amide bonds. The van der Waals surface area contributed by atoms with E-state index in [0.717, 1.165) is 35.7 Å². The van der Waals surface area contributed by atoms with Crippen LogP contribution in [0.5, 0.6) is 0 Å². The van der Waals surface area contributed by atoms with Gasteiger partial charge in [0.05, 0.1) is 15.9 Å². The van der Waals surface area contributed by atoms with Crippen molar-refractivity contribution in [2.24, 2.45) is 0 Å². The number of hydrogen-bond acceptors (Lipinski definition) is 7. The summed E-state index contributed by atoms with van der Waals surface area (Å²) in [6, 6.07) is 15.3. The number of nitro benzene ring substituents is 2. The fourth-order valence-corrected chi connectivity index (χ4v) is 3.22. The SMILES string of the molecule is CCc1ccc2oc(-c3cccc(NC(=O)c4ccc([N+](=O)[O-])cc4[N+](=O)[O-])c3)nc2c1. The number of anilines is 1. The molecule has 0 atom stereocenters. The molecule has 4 rings (SSSR count). The molecule has 0 saturated heterocycles. The van der Waals surface area contributed by atoms with E-state index < -0.39 is 27.1 Å². The Labute approximate surface area is 180 Å². The molecule has 0 aliphatic rings. The Morgan fingerprint density at radius 1 is 1.03 bits per heavy atom. The van der Waals surface area contributed by atoms with Crippen molar-refractivity contribution in [3.63, 3.8) is 0 Å². The quantitative estimate of drug-likeness (QED) is 0.329. The predicted molar refractivity (Wildman–Crippen MR) is 117 cm³/mol. The topological polar surface area (TPSA) is 141 Å². The molecule has 0 radical (unpaired) electrons. The Morgan fingerprint density at radius 3 is 2.56 bits per heavy atom. The highest BCUT2D eigenvalue weighted by Crippen LogP contribution is 2.28. The molecule has 10 nitrogen and oxygen atoms in total. The lowest BCUT2D eigenvalue weighted by atomic mass is 10.1. The molecule has 0 fully saturated rings. The lowest BCUT2D eigenvalue weighted by Gasteiger charge is -2.07. The Bertz CT molecular complexity index is 1380. The number of hydrogen-bond donors (Lipinski definition) is 1. The first kappa shape index (κ1) is 20.7. The highest BCUT2D eigenvalue weighted by Gasteiger charge is 2.24. The summed E-state index contributed by atoms with van der Waals surface area (Å²) in [7, 11) is 0. The fourth-order valence-electron chi connectivity index (χ4n) is 3.22. The number of carbonyl (C=O) groups is 1. The van der Waals surface area contributed by atoms with E-state index in [-0.39, 0.29) is 5.56 Å². The summed E-state index contributed by atoms with van der Waals surface area (Å²) in [4.78, 5) is 37.8. The molecule has 1 heterocycles. The van der Waals surface area contributed by atoms with Crippen LogP contribution in [-0.2, 0) is 6.42 Å². The number of aromatic nitrogens is 1. The second kappa shape index (κ2) is 8.26. The number of benzene rings is 3. The normalized spacial score (nSPS) is 10.8. The van der Waals surface area contributed by atoms with Gasteiger partial charge in [-0.3, -0.25) is 25.0 Å². The van der Waals surface area contributed by atoms with E-state index in [0.29, 0.717) is 22.7 Å². The summed E-state index contributed by atoms with van der Waals surface area (Å²) in [5.74, 6) is -0.403. The zero-order valence-corrected chi connectivity index (χ0v) is 16.8. The Balaban J connectivity index is 1.63. The summed E-state index contributed by atoms with van der Waals surface area (Å²) in [6.45, 7) is 2.05. The lowest BCUT2D eigenvalue weighted by molar-refractivity contribution is -0.394. The average Bonchev–Trinajstić information content (AvgIpc) is 3.22. The van der Waals surface area contributed by atoms with Gasteiger partial charge in [-0.2, -0.15) is 0 Å². The van der Waals surface area contributed by atoms with Gasteiger partial charge in [-0.15, -0.1) is 0 Å². The molecule has 10 heteroatoms. The molecule has 0 unspecified atom stereocenters. The number of nitrogens with zero attached hydrogens (tertiary/aromatic N) is 3. The molecule has 0 saturated carbocycles. The third-order valence-corrected chi connectivity index (χ3v) is 4.86. The van der Waals surface area contributed by atoms with E-state index in [1.54, 1.807) is 24.3 Å². The highest BCUT2D eigenvalue weighted by atomic mass is 16.6. The van der Waals surface area contributed by atoms with Crippen molar-refractivity contribution >= 4 is 34.1 Å². The number of rotatable bonds is 6. The van der Waals surface area contributed by atoms with Crippen LogP contribution >= 0.6 is 0 Å². The number of nitrogens with one attached hydrogen (secondary N) is 1. The number of nitro groups is 2. The molecule has 3 aromatic carbocycles. The van der Waals surface area contributed by atoms with E-state index in [1.165, 1.54) is 0 Å². The molecule has 160 valence electrons. The monoisotopic (exact) mass is 432 g/mol. The second-order valence-electron chi connectivity index (χ2n) is 6.93. The van der Waals surface area contributed by atoms with Gasteiger partial charge in [0.2, 0.25) is 5.89 Å². The van der Waals surface area contributed by atoms with E-state index in [4.69, 9.17) is 4.42 Å². The zero-order chi connectivity index (χ0) is 22.8. The zero-order valence-electron chi connectivity index (χ0n) is 16.8. The molecular formula is C22H16N4O6. The molecule has 0 aliphatic heterocycles. The van der Waals surface area contributed by atoms with Crippen molar-refractivity contribution in [1.82, 2.24) is 4.98 Å². The van der Waals surface area contributed by atoms with Crippen LogP contribution in [-0.4, -0.2) is 20.7 Å². The molecule has 1 aromatic heterocycles. The van der Waals surface area contributed by atoms with Crippen LogP contribution in [0.1, 0.15) is 22.8 Å². The summed E-state index contributed by atoms with van der Waals surface area (Å²) >= 11 is 0. The van der Waals surface area contributed by atoms with Crippen molar-refractivity contribution < 1.29 is 19.1 Å². The summed E-state index contributed by atoms with van der Waals surface area (Å²) < 4.78 is 5.81. The minimum atomic E-state index is -0.832. The molecule has 0 spiro atoms. The maximum absolute atomic E-state index is 12.7. The Kier molecular flexibility index (Phi) is 5.34. The number of carbonyl (C=O) groups excluding carboxylic acids is 1. The van der Waals surface area contributed by atoms with Gasteiger partial charge in [-0.1, -0.05) is 19.1 Å². The van der Waals surface area contributed by atoms with Crippen LogP contribution in [0.2, 0.25) is 0 Å². The van der Waals surface area contributed by atoms with Crippen LogP contribution in [0, 0.1) is 20.2 Å². The number of non-ortho nitro benzene ring substituents is 1. The standard InChI is InChI=1S/C22H16N4O6/c1-2-13-6-9-20-18(10-13)24-22(32-20)14-4-3-5-15(11-14)23-21(27)17-8-7-16(25(28)29)12-19(17)26(30)31/h3-12H,2H2,1H3,(H,23,27). The molecular weight excluding hydrogens is 416 g/mol. The molecule has 0 bridgehead atoms. The first-order chi connectivity index (χ1) is 15.4. The first-order valence-corrected chi connectivity index (χ1v) is 9.60. The van der Waals surface area contributed by atoms with Gasteiger partial charge in [0, 0.05) is 17.3 Å². The fraction of sp³-hybridized carbons (Fsp3) is 0.0909. The van der Waals surface area contributed by atoms with E-state index in [1.807, 2.05) is 25.1 Å². The second-order valence-corrected chi connectivity index (χ2v) is 6.93. The van der Waals surface area contributed by atoms with E-state index >= 15 is 0 Å². The van der Waals surface area contributed by atoms with Gasteiger partial charge >= 0.3 is 0 Å². The van der Waals surface area contributed by atoms with Gasteiger partial charge in [-0.05, 0) is 48.4 Å². The maximum Gasteiger partial charge on any atom is 0.289 e. The minimum absolute atomic E-state index is 0.292. The van der Waals surface area contributed by atoms with Crippen LogP contribution in [0.3, 0.4) is 0 Å². The molecule has 32 heavy (non-hydrogen) atoms. The Hall–Kier alpha value is -4.60. The van der Waals surface area contributed by atoms with Gasteiger partial charge < -0.3 is 9.73 Å². The number of aryl methyl sites for hydroxylation is 1. The maximum atomic E-state index is 12.7.